The first kappa shape index (κ1) is 13.6. The van der Waals surface area contributed by atoms with E-state index in [0.717, 1.165) is 30.3 Å². The number of halogens is 1. The van der Waals surface area contributed by atoms with E-state index < -0.39 is 0 Å². The Bertz CT molecular complexity index is 540. The van der Waals surface area contributed by atoms with Gasteiger partial charge < -0.3 is 4.74 Å². The van der Waals surface area contributed by atoms with Gasteiger partial charge >= 0.3 is 0 Å². The van der Waals surface area contributed by atoms with Crippen molar-refractivity contribution >= 4 is 17.9 Å². The van der Waals surface area contributed by atoms with E-state index in [1.54, 1.807) is 18.3 Å². The average Bonchev–Trinajstić information content (AvgIpc) is 2.46. The van der Waals surface area contributed by atoms with Gasteiger partial charge in [0.25, 0.3) is 0 Å². The molecule has 0 bridgehead atoms. The normalized spacial score (nSPS) is 10.2. The van der Waals surface area contributed by atoms with Crippen molar-refractivity contribution in [3.63, 3.8) is 0 Å². The van der Waals surface area contributed by atoms with Crippen molar-refractivity contribution in [2.75, 3.05) is 6.61 Å². The summed E-state index contributed by atoms with van der Waals surface area (Å²) in [6, 6.07) is 11.1. The molecule has 0 radical (unpaired) electrons. The predicted octanol–water partition coefficient (Wildman–Crippen LogP) is 3.56. The molecule has 2 aromatic rings. The van der Waals surface area contributed by atoms with Gasteiger partial charge in [-0.05, 0) is 30.5 Å². The minimum atomic E-state index is 0.451. The summed E-state index contributed by atoms with van der Waals surface area (Å²) in [6.45, 7) is 0.580. The third kappa shape index (κ3) is 4.07. The van der Waals surface area contributed by atoms with Gasteiger partial charge in [-0.3, -0.25) is 4.79 Å². The Morgan fingerprint density at radius 1 is 1.21 bits per heavy atom. The van der Waals surface area contributed by atoms with Gasteiger partial charge in [-0.15, -0.1) is 0 Å². The third-order valence-electron chi connectivity index (χ3n) is 2.74. The number of carbonyl (C=O) groups is 1. The minimum Gasteiger partial charge on any atom is -0.492 e. The molecule has 0 saturated heterocycles. The van der Waals surface area contributed by atoms with Gasteiger partial charge in [0.2, 0.25) is 0 Å². The van der Waals surface area contributed by atoms with Gasteiger partial charge in [0, 0.05) is 5.56 Å². The Balaban J connectivity index is 1.80. The largest absolute Gasteiger partial charge is 0.492 e. The zero-order valence-corrected chi connectivity index (χ0v) is 11.1. The van der Waals surface area contributed by atoms with Crippen LogP contribution in [0.25, 0.3) is 0 Å². The molecule has 98 valence electrons. The van der Waals surface area contributed by atoms with E-state index in [1.165, 1.54) is 0 Å². The highest BCUT2D eigenvalue weighted by Crippen LogP contribution is 2.13. The molecule has 0 fully saturated rings. The van der Waals surface area contributed by atoms with Crippen LogP contribution in [0.1, 0.15) is 22.3 Å². The highest BCUT2D eigenvalue weighted by atomic mass is 35.5. The molecule has 0 amide bonds. The third-order valence-corrected chi connectivity index (χ3v) is 2.97. The number of rotatable bonds is 6. The first-order valence-electron chi connectivity index (χ1n) is 6.07. The molecule has 0 saturated carbocycles. The second-order valence-electron chi connectivity index (χ2n) is 4.09. The van der Waals surface area contributed by atoms with Crippen LogP contribution in [0.3, 0.4) is 0 Å². The lowest BCUT2D eigenvalue weighted by molar-refractivity contribution is 0.112. The summed E-state index contributed by atoms with van der Waals surface area (Å²) in [6.07, 6.45) is 4.14. The lowest BCUT2D eigenvalue weighted by Gasteiger charge is -2.07. The van der Waals surface area contributed by atoms with Crippen LogP contribution in [-0.4, -0.2) is 17.9 Å². The molecular formula is C15H14ClNO2. The fourth-order valence-electron chi connectivity index (χ4n) is 1.78. The van der Waals surface area contributed by atoms with Crippen LogP contribution in [-0.2, 0) is 6.42 Å². The van der Waals surface area contributed by atoms with E-state index in [-0.39, 0.29) is 0 Å². The van der Waals surface area contributed by atoms with E-state index in [0.29, 0.717) is 17.5 Å². The maximum atomic E-state index is 10.9. The fourth-order valence-corrected chi connectivity index (χ4v) is 1.89. The number of hydrogen-bond acceptors (Lipinski definition) is 3. The number of nitrogens with zero attached hydrogens (tertiary/aromatic N) is 1. The first-order valence-corrected chi connectivity index (χ1v) is 6.45. The van der Waals surface area contributed by atoms with Gasteiger partial charge in [-0.1, -0.05) is 35.9 Å². The van der Waals surface area contributed by atoms with Crippen molar-refractivity contribution in [3.05, 3.63) is 58.9 Å². The summed E-state index contributed by atoms with van der Waals surface area (Å²) >= 11 is 5.69. The van der Waals surface area contributed by atoms with Gasteiger partial charge in [0.15, 0.2) is 0 Å². The lowest BCUT2D eigenvalue weighted by atomic mass is 10.0. The van der Waals surface area contributed by atoms with E-state index in [4.69, 9.17) is 16.3 Å². The number of carbonyl (C=O) groups excluding carboxylic acids is 1. The zero-order valence-electron chi connectivity index (χ0n) is 10.4. The predicted molar refractivity (Wildman–Crippen MR) is 74.9 cm³/mol. The molecule has 19 heavy (non-hydrogen) atoms. The van der Waals surface area contributed by atoms with Crippen molar-refractivity contribution in [1.29, 1.82) is 0 Å². The second-order valence-corrected chi connectivity index (χ2v) is 4.47. The molecule has 0 aliphatic carbocycles. The maximum Gasteiger partial charge on any atom is 0.150 e. The van der Waals surface area contributed by atoms with Crippen molar-refractivity contribution in [1.82, 2.24) is 4.98 Å². The Morgan fingerprint density at radius 2 is 2.05 bits per heavy atom. The Morgan fingerprint density at radius 3 is 2.79 bits per heavy atom. The summed E-state index contributed by atoms with van der Waals surface area (Å²) in [7, 11) is 0. The molecule has 0 spiro atoms. The number of aldehydes is 1. The molecule has 1 aromatic carbocycles. The molecule has 4 heteroatoms. The van der Waals surface area contributed by atoms with Crippen molar-refractivity contribution in [2.45, 2.75) is 12.8 Å². The molecule has 1 heterocycles. The van der Waals surface area contributed by atoms with Gasteiger partial charge in [0.1, 0.15) is 17.2 Å². The average molecular weight is 276 g/mol. The monoisotopic (exact) mass is 275 g/mol. The molecule has 0 aliphatic heterocycles. The number of aryl methyl sites for hydroxylation is 1. The number of hydrogen-bond donors (Lipinski definition) is 0. The number of pyridine rings is 1. The summed E-state index contributed by atoms with van der Waals surface area (Å²) in [5, 5.41) is 0.451. The minimum absolute atomic E-state index is 0.451. The first-order chi connectivity index (χ1) is 9.29. The van der Waals surface area contributed by atoms with Crippen molar-refractivity contribution in [3.8, 4) is 5.75 Å². The summed E-state index contributed by atoms with van der Waals surface area (Å²) in [5.41, 5.74) is 1.80. The number of aromatic nitrogens is 1. The summed E-state index contributed by atoms with van der Waals surface area (Å²) in [5.74, 6) is 0.702. The summed E-state index contributed by atoms with van der Waals surface area (Å²) < 4.78 is 5.55. The van der Waals surface area contributed by atoms with Gasteiger partial charge in [0.05, 0.1) is 12.8 Å². The van der Waals surface area contributed by atoms with Crippen LogP contribution in [0.4, 0.5) is 0 Å². The topological polar surface area (TPSA) is 39.2 Å². The van der Waals surface area contributed by atoms with Crippen molar-refractivity contribution in [2.24, 2.45) is 0 Å². The van der Waals surface area contributed by atoms with Crippen LogP contribution in [0, 0.1) is 0 Å². The smallest absolute Gasteiger partial charge is 0.150 e. The van der Waals surface area contributed by atoms with Crippen LogP contribution < -0.4 is 4.74 Å². The molecule has 0 unspecified atom stereocenters. The molecule has 0 N–H and O–H groups in total. The van der Waals surface area contributed by atoms with Crippen LogP contribution in [0.15, 0.2) is 42.6 Å². The number of benzene rings is 1. The standard InChI is InChI=1S/C15H14ClNO2/c16-15-8-7-14(10-17-15)19-9-3-6-12-4-1-2-5-13(12)11-18/h1-2,4-5,7-8,10-11H,3,6,9H2. The van der Waals surface area contributed by atoms with Crippen LogP contribution in [0.2, 0.25) is 5.15 Å². The van der Waals surface area contributed by atoms with Crippen LogP contribution >= 0.6 is 11.6 Å². The quantitative estimate of drug-likeness (QED) is 0.460. The van der Waals surface area contributed by atoms with E-state index in [1.807, 2.05) is 24.3 Å². The van der Waals surface area contributed by atoms with Crippen LogP contribution in [0.5, 0.6) is 5.75 Å². The molecule has 3 nitrogen and oxygen atoms in total. The second kappa shape index (κ2) is 6.90. The van der Waals surface area contributed by atoms with Gasteiger partial charge in [-0.25, -0.2) is 4.98 Å². The molecule has 0 aliphatic rings. The Hall–Kier alpha value is -1.87. The molecule has 2 rings (SSSR count). The molecule has 0 atom stereocenters. The molecule has 1 aromatic heterocycles. The van der Waals surface area contributed by atoms with Gasteiger partial charge in [-0.2, -0.15) is 0 Å². The van der Waals surface area contributed by atoms with Crippen molar-refractivity contribution < 1.29 is 9.53 Å². The lowest BCUT2D eigenvalue weighted by Crippen LogP contribution is -2.01. The fraction of sp³-hybridized carbons (Fsp3) is 0.200. The Kier molecular flexibility index (Phi) is 4.93. The zero-order chi connectivity index (χ0) is 13.5. The maximum absolute atomic E-state index is 10.9. The highest BCUT2D eigenvalue weighted by molar-refractivity contribution is 6.29. The molecular weight excluding hydrogens is 262 g/mol. The van der Waals surface area contributed by atoms with E-state index >= 15 is 0 Å². The van der Waals surface area contributed by atoms with E-state index in [9.17, 15) is 4.79 Å². The Labute approximate surface area is 117 Å². The SMILES string of the molecule is O=Cc1ccccc1CCCOc1ccc(Cl)nc1. The number of ether oxygens (including phenoxy) is 1. The summed E-state index contributed by atoms with van der Waals surface area (Å²) in [4.78, 5) is 14.8. The van der Waals surface area contributed by atoms with E-state index in [2.05, 4.69) is 4.98 Å². The highest BCUT2D eigenvalue weighted by Gasteiger charge is 2.01.